The summed E-state index contributed by atoms with van der Waals surface area (Å²) in [6.07, 6.45) is 7.80. The van der Waals surface area contributed by atoms with Crippen molar-refractivity contribution in [3.8, 4) is 11.3 Å². The fourth-order valence-electron chi connectivity index (χ4n) is 3.40. The molecule has 3 heterocycles. The van der Waals surface area contributed by atoms with Crippen LogP contribution in [0.3, 0.4) is 0 Å². The number of halogens is 1. The van der Waals surface area contributed by atoms with Crippen molar-refractivity contribution in [1.82, 2.24) is 19.5 Å². The number of rotatable bonds is 6. The summed E-state index contributed by atoms with van der Waals surface area (Å²) < 4.78 is 30.0. The Morgan fingerprint density at radius 2 is 1.93 bits per heavy atom. The molecule has 0 unspecified atom stereocenters. The van der Waals surface area contributed by atoms with Crippen LogP contribution in [-0.2, 0) is 29.4 Å². The number of thiophene rings is 1. The van der Waals surface area contributed by atoms with Gasteiger partial charge < -0.3 is 0 Å². The van der Waals surface area contributed by atoms with Gasteiger partial charge >= 0.3 is 0 Å². The van der Waals surface area contributed by atoms with Gasteiger partial charge in [0.15, 0.2) is 0 Å². The van der Waals surface area contributed by atoms with Crippen LogP contribution in [0.1, 0.15) is 24.1 Å². The van der Waals surface area contributed by atoms with Gasteiger partial charge in [0, 0.05) is 35.8 Å². The molecule has 0 atom stereocenters. The molecule has 0 amide bonds. The van der Waals surface area contributed by atoms with Gasteiger partial charge in [-0.2, -0.15) is 5.10 Å². The van der Waals surface area contributed by atoms with Gasteiger partial charge in [-0.25, -0.2) is 13.1 Å². The van der Waals surface area contributed by atoms with Gasteiger partial charge in [0.1, 0.15) is 4.21 Å². The Morgan fingerprint density at radius 3 is 2.67 bits per heavy atom. The molecule has 9 heteroatoms. The van der Waals surface area contributed by atoms with Crippen molar-refractivity contribution in [2.24, 2.45) is 0 Å². The molecule has 142 valence electrons. The van der Waals surface area contributed by atoms with Crippen molar-refractivity contribution in [1.29, 1.82) is 0 Å². The highest BCUT2D eigenvalue weighted by molar-refractivity contribution is 7.91. The first-order valence-electron chi connectivity index (χ1n) is 8.78. The van der Waals surface area contributed by atoms with Gasteiger partial charge in [0.25, 0.3) is 0 Å². The topological polar surface area (TPSA) is 76.9 Å². The van der Waals surface area contributed by atoms with Crippen LogP contribution in [0.4, 0.5) is 0 Å². The highest BCUT2D eigenvalue weighted by Crippen LogP contribution is 2.31. The van der Waals surface area contributed by atoms with E-state index in [1.54, 1.807) is 18.5 Å². The maximum atomic E-state index is 12.4. The predicted octanol–water partition coefficient (Wildman–Crippen LogP) is 3.52. The van der Waals surface area contributed by atoms with Crippen LogP contribution in [0, 0.1) is 0 Å². The van der Waals surface area contributed by atoms with Crippen molar-refractivity contribution in [2.45, 2.75) is 36.4 Å². The van der Waals surface area contributed by atoms with E-state index in [0.29, 0.717) is 10.9 Å². The van der Waals surface area contributed by atoms with E-state index in [-0.39, 0.29) is 10.8 Å². The fourth-order valence-corrected chi connectivity index (χ4v) is 5.94. The van der Waals surface area contributed by atoms with E-state index < -0.39 is 10.0 Å². The number of nitrogens with one attached hydrogen (secondary N) is 1. The SMILES string of the molecule is O=S(=O)(NCCn1nc(-c2ccncc2)c2c1CCCC2)c1ccc(Cl)s1. The number of hydrogen-bond acceptors (Lipinski definition) is 5. The van der Waals surface area contributed by atoms with Crippen LogP contribution < -0.4 is 4.72 Å². The number of nitrogens with zero attached hydrogens (tertiary/aromatic N) is 3. The molecule has 27 heavy (non-hydrogen) atoms. The van der Waals surface area contributed by atoms with E-state index in [2.05, 4.69) is 9.71 Å². The Hall–Kier alpha value is -1.74. The molecule has 0 spiro atoms. The second-order valence-electron chi connectivity index (χ2n) is 6.40. The van der Waals surface area contributed by atoms with Gasteiger partial charge in [-0.15, -0.1) is 11.3 Å². The predicted molar refractivity (Wildman–Crippen MR) is 107 cm³/mol. The number of sulfonamides is 1. The first-order valence-corrected chi connectivity index (χ1v) is 11.5. The maximum absolute atomic E-state index is 12.4. The zero-order chi connectivity index (χ0) is 18.9. The highest BCUT2D eigenvalue weighted by Gasteiger charge is 2.22. The van der Waals surface area contributed by atoms with Crippen molar-refractivity contribution >= 4 is 33.0 Å². The maximum Gasteiger partial charge on any atom is 0.250 e. The Labute approximate surface area is 167 Å². The standard InChI is InChI=1S/C18H19ClN4O2S2/c19-16-5-6-17(26-16)27(24,25)21-11-12-23-15-4-2-1-3-14(15)18(22-23)13-7-9-20-10-8-13/h5-10,21H,1-4,11-12H2. The van der Waals surface area contributed by atoms with E-state index in [1.165, 1.54) is 17.3 Å². The van der Waals surface area contributed by atoms with Crippen LogP contribution in [0.25, 0.3) is 11.3 Å². The lowest BCUT2D eigenvalue weighted by molar-refractivity contribution is 0.539. The summed E-state index contributed by atoms with van der Waals surface area (Å²) in [5.41, 5.74) is 4.53. The third-order valence-corrected chi connectivity index (χ3v) is 7.82. The third-order valence-electron chi connectivity index (χ3n) is 4.64. The molecular formula is C18H19ClN4O2S2. The van der Waals surface area contributed by atoms with Crippen molar-refractivity contribution in [3.63, 3.8) is 0 Å². The molecule has 4 rings (SSSR count). The van der Waals surface area contributed by atoms with Gasteiger partial charge in [-0.1, -0.05) is 11.6 Å². The van der Waals surface area contributed by atoms with E-state index in [4.69, 9.17) is 16.7 Å². The molecule has 0 bridgehead atoms. The summed E-state index contributed by atoms with van der Waals surface area (Å²) in [6, 6.07) is 7.04. The van der Waals surface area contributed by atoms with Crippen LogP contribution in [-0.4, -0.2) is 29.7 Å². The smallest absolute Gasteiger partial charge is 0.250 e. The van der Waals surface area contributed by atoms with Crippen molar-refractivity contribution < 1.29 is 8.42 Å². The summed E-state index contributed by atoms with van der Waals surface area (Å²) in [5.74, 6) is 0. The monoisotopic (exact) mass is 422 g/mol. The molecule has 0 saturated carbocycles. The second kappa shape index (κ2) is 7.71. The molecule has 0 aliphatic heterocycles. The van der Waals surface area contributed by atoms with E-state index in [1.807, 2.05) is 16.8 Å². The molecule has 3 aromatic heterocycles. The lowest BCUT2D eigenvalue weighted by Gasteiger charge is -2.14. The van der Waals surface area contributed by atoms with Gasteiger partial charge in [0.2, 0.25) is 10.0 Å². The average Bonchev–Trinajstić information content (AvgIpc) is 3.27. The fraction of sp³-hybridized carbons (Fsp3) is 0.333. The summed E-state index contributed by atoms with van der Waals surface area (Å²) in [7, 11) is -3.54. The second-order valence-corrected chi connectivity index (χ2v) is 10.1. The van der Waals surface area contributed by atoms with Crippen LogP contribution >= 0.6 is 22.9 Å². The van der Waals surface area contributed by atoms with Gasteiger partial charge in [0.05, 0.1) is 16.6 Å². The molecule has 6 nitrogen and oxygen atoms in total. The van der Waals surface area contributed by atoms with E-state index in [9.17, 15) is 8.42 Å². The molecule has 1 aliphatic carbocycles. The number of hydrogen-bond donors (Lipinski definition) is 1. The number of fused-ring (bicyclic) bond motifs is 1. The quantitative estimate of drug-likeness (QED) is 0.659. The Balaban J connectivity index is 1.53. The first kappa shape index (κ1) is 18.6. The third kappa shape index (κ3) is 3.94. The number of pyridine rings is 1. The largest absolute Gasteiger partial charge is 0.267 e. The summed E-state index contributed by atoms with van der Waals surface area (Å²) in [4.78, 5) is 4.08. The van der Waals surface area contributed by atoms with Crippen LogP contribution in [0.2, 0.25) is 4.34 Å². The van der Waals surface area contributed by atoms with Crippen LogP contribution in [0.5, 0.6) is 0 Å². The average molecular weight is 423 g/mol. The molecule has 0 saturated heterocycles. The minimum absolute atomic E-state index is 0.229. The molecule has 3 aromatic rings. The van der Waals surface area contributed by atoms with E-state index in [0.717, 1.165) is 48.3 Å². The van der Waals surface area contributed by atoms with Crippen molar-refractivity contribution in [2.75, 3.05) is 6.54 Å². The van der Waals surface area contributed by atoms with Crippen LogP contribution in [0.15, 0.2) is 40.9 Å². The Morgan fingerprint density at radius 1 is 1.15 bits per heavy atom. The van der Waals surface area contributed by atoms with Gasteiger partial charge in [-0.3, -0.25) is 9.67 Å². The zero-order valence-corrected chi connectivity index (χ0v) is 16.9. The minimum atomic E-state index is -3.54. The Kier molecular flexibility index (Phi) is 5.32. The molecule has 1 N–H and O–H groups in total. The number of aromatic nitrogens is 3. The lowest BCUT2D eigenvalue weighted by atomic mass is 9.94. The van der Waals surface area contributed by atoms with E-state index >= 15 is 0 Å². The lowest BCUT2D eigenvalue weighted by Crippen LogP contribution is -2.27. The van der Waals surface area contributed by atoms with Gasteiger partial charge in [-0.05, 0) is 49.9 Å². The normalized spacial score (nSPS) is 14.3. The molecule has 0 fully saturated rings. The summed E-state index contributed by atoms with van der Waals surface area (Å²) >= 11 is 6.90. The minimum Gasteiger partial charge on any atom is -0.267 e. The Bertz CT molecular complexity index is 1040. The highest BCUT2D eigenvalue weighted by atomic mass is 35.5. The summed E-state index contributed by atoms with van der Waals surface area (Å²) in [5, 5.41) is 4.79. The summed E-state index contributed by atoms with van der Waals surface area (Å²) in [6.45, 7) is 0.771. The molecule has 0 radical (unpaired) electrons. The molecule has 0 aromatic carbocycles. The van der Waals surface area contributed by atoms with Crippen molar-refractivity contribution in [3.05, 3.63) is 52.3 Å². The first-order chi connectivity index (χ1) is 13.0. The zero-order valence-electron chi connectivity index (χ0n) is 14.6. The molecule has 1 aliphatic rings. The molecular weight excluding hydrogens is 404 g/mol.